The Morgan fingerprint density at radius 1 is 1.05 bits per heavy atom. The second-order valence-corrected chi connectivity index (χ2v) is 4.62. The van der Waals surface area contributed by atoms with Crippen LogP contribution in [0.3, 0.4) is 0 Å². The van der Waals surface area contributed by atoms with Crippen LogP contribution in [0, 0.1) is 5.82 Å². The van der Waals surface area contributed by atoms with Gasteiger partial charge in [0.15, 0.2) is 0 Å². The standard InChI is InChI=1S/C16H16FNO2/c17-13-8-6-12(7-9-13)15(16(19)20)14(10-18)11-4-2-1-3-5-11/h1-9,14-15H,10,18H2,(H,19,20). The average molecular weight is 273 g/mol. The molecule has 2 atom stereocenters. The first-order valence-electron chi connectivity index (χ1n) is 6.36. The maximum Gasteiger partial charge on any atom is 0.311 e. The van der Waals surface area contributed by atoms with Crippen molar-refractivity contribution in [3.05, 3.63) is 71.5 Å². The summed E-state index contributed by atoms with van der Waals surface area (Å²) in [6.07, 6.45) is 0. The Balaban J connectivity index is 2.41. The summed E-state index contributed by atoms with van der Waals surface area (Å²) in [4.78, 5) is 11.6. The van der Waals surface area contributed by atoms with Crippen LogP contribution >= 0.6 is 0 Å². The Bertz CT molecular complexity index is 569. The minimum absolute atomic E-state index is 0.207. The second kappa shape index (κ2) is 6.30. The summed E-state index contributed by atoms with van der Waals surface area (Å²) >= 11 is 0. The van der Waals surface area contributed by atoms with Gasteiger partial charge in [-0.05, 0) is 23.3 Å². The van der Waals surface area contributed by atoms with Crippen molar-refractivity contribution in [3.8, 4) is 0 Å². The van der Waals surface area contributed by atoms with Gasteiger partial charge in [0.2, 0.25) is 0 Å². The van der Waals surface area contributed by atoms with Crippen molar-refractivity contribution in [2.24, 2.45) is 5.73 Å². The van der Waals surface area contributed by atoms with Gasteiger partial charge < -0.3 is 10.8 Å². The van der Waals surface area contributed by atoms with Crippen LogP contribution < -0.4 is 5.73 Å². The summed E-state index contributed by atoms with van der Waals surface area (Å²) < 4.78 is 13.0. The minimum Gasteiger partial charge on any atom is -0.481 e. The molecule has 3 nitrogen and oxygen atoms in total. The summed E-state index contributed by atoms with van der Waals surface area (Å²) in [5.74, 6) is -2.49. The highest BCUT2D eigenvalue weighted by atomic mass is 19.1. The number of carboxylic acids is 1. The number of carbonyl (C=O) groups is 1. The lowest BCUT2D eigenvalue weighted by Gasteiger charge is -2.23. The highest BCUT2D eigenvalue weighted by molar-refractivity contribution is 5.77. The largest absolute Gasteiger partial charge is 0.481 e. The SMILES string of the molecule is NCC(c1ccccc1)C(C(=O)O)c1ccc(F)cc1. The van der Waals surface area contributed by atoms with Crippen LogP contribution in [0.15, 0.2) is 54.6 Å². The van der Waals surface area contributed by atoms with E-state index in [1.165, 1.54) is 24.3 Å². The van der Waals surface area contributed by atoms with Crippen molar-refractivity contribution in [1.29, 1.82) is 0 Å². The monoisotopic (exact) mass is 273 g/mol. The lowest BCUT2D eigenvalue weighted by atomic mass is 9.81. The number of halogens is 1. The summed E-state index contributed by atoms with van der Waals surface area (Å²) in [7, 11) is 0. The van der Waals surface area contributed by atoms with Crippen LogP contribution in [-0.4, -0.2) is 17.6 Å². The van der Waals surface area contributed by atoms with Gasteiger partial charge in [-0.3, -0.25) is 4.79 Å². The molecule has 0 spiro atoms. The van der Waals surface area contributed by atoms with Crippen molar-refractivity contribution in [3.63, 3.8) is 0 Å². The maximum atomic E-state index is 13.0. The molecule has 2 unspecified atom stereocenters. The summed E-state index contributed by atoms with van der Waals surface area (Å²) in [5, 5.41) is 9.51. The normalized spacial score (nSPS) is 13.7. The third-order valence-electron chi connectivity index (χ3n) is 3.38. The summed E-state index contributed by atoms with van der Waals surface area (Å²) in [6.45, 7) is 0.207. The molecule has 4 heteroatoms. The smallest absolute Gasteiger partial charge is 0.311 e. The first-order chi connectivity index (χ1) is 9.63. The van der Waals surface area contributed by atoms with Crippen LogP contribution in [0.2, 0.25) is 0 Å². The van der Waals surface area contributed by atoms with Crippen LogP contribution in [0.4, 0.5) is 4.39 Å². The van der Waals surface area contributed by atoms with Gasteiger partial charge >= 0.3 is 5.97 Å². The van der Waals surface area contributed by atoms with Crippen LogP contribution in [0.25, 0.3) is 0 Å². The Morgan fingerprint density at radius 2 is 1.65 bits per heavy atom. The maximum absolute atomic E-state index is 13.0. The van der Waals surface area contributed by atoms with Crippen molar-refractivity contribution in [2.75, 3.05) is 6.54 Å². The molecule has 0 radical (unpaired) electrons. The first kappa shape index (κ1) is 14.2. The number of benzene rings is 2. The van der Waals surface area contributed by atoms with Gasteiger partial charge in [-0.25, -0.2) is 4.39 Å². The Hall–Kier alpha value is -2.20. The number of carboxylic acid groups (broad SMARTS) is 1. The lowest BCUT2D eigenvalue weighted by molar-refractivity contribution is -0.139. The molecular weight excluding hydrogens is 257 g/mol. The summed E-state index contributed by atoms with van der Waals surface area (Å²) in [6, 6.07) is 14.8. The minimum atomic E-state index is -0.962. The number of hydrogen-bond acceptors (Lipinski definition) is 2. The van der Waals surface area contributed by atoms with Gasteiger partial charge in [-0.1, -0.05) is 42.5 Å². The number of nitrogens with two attached hydrogens (primary N) is 1. The van der Waals surface area contributed by atoms with E-state index in [-0.39, 0.29) is 18.3 Å². The molecule has 3 N–H and O–H groups in total. The van der Waals surface area contributed by atoms with E-state index < -0.39 is 11.9 Å². The number of aliphatic carboxylic acids is 1. The van der Waals surface area contributed by atoms with Crippen molar-refractivity contribution in [2.45, 2.75) is 11.8 Å². The van der Waals surface area contributed by atoms with Crippen molar-refractivity contribution < 1.29 is 14.3 Å². The highest BCUT2D eigenvalue weighted by Gasteiger charge is 2.30. The van der Waals surface area contributed by atoms with E-state index >= 15 is 0 Å². The quantitative estimate of drug-likeness (QED) is 0.880. The van der Waals surface area contributed by atoms with Gasteiger partial charge in [0.1, 0.15) is 5.82 Å². The molecule has 2 rings (SSSR count). The average Bonchev–Trinajstić information content (AvgIpc) is 2.46. The number of hydrogen-bond donors (Lipinski definition) is 2. The first-order valence-corrected chi connectivity index (χ1v) is 6.36. The van der Waals surface area contributed by atoms with E-state index in [1.807, 2.05) is 30.3 Å². The molecule has 0 saturated carbocycles. The molecule has 0 aliphatic heterocycles. The Kier molecular flexibility index (Phi) is 4.48. The molecule has 0 heterocycles. The van der Waals surface area contributed by atoms with E-state index in [0.29, 0.717) is 5.56 Å². The molecule has 0 bridgehead atoms. The van der Waals surface area contributed by atoms with Gasteiger partial charge in [-0.15, -0.1) is 0 Å². The van der Waals surface area contributed by atoms with E-state index in [2.05, 4.69) is 0 Å². The molecule has 0 aliphatic carbocycles. The topological polar surface area (TPSA) is 63.3 Å². The summed E-state index contributed by atoms with van der Waals surface area (Å²) in [5.41, 5.74) is 7.19. The predicted molar refractivity (Wildman–Crippen MR) is 75.0 cm³/mol. The second-order valence-electron chi connectivity index (χ2n) is 4.62. The lowest BCUT2D eigenvalue weighted by Crippen LogP contribution is -2.26. The zero-order chi connectivity index (χ0) is 14.5. The molecule has 2 aromatic rings. The molecule has 20 heavy (non-hydrogen) atoms. The molecular formula is C16H16FNO2. The highest BCUT2D eigenvalue weighted by Crippen LogP contribution is 2.32. The van der Waals surface area contributed by atoms with Gasteiger partial charge in [-0.2, -0.15) is 0 Å². The van der Waals surface area contributed by atoms with E-state index in [4.69, 9.17) is 5.73 Å². The Labute approximate surface area is 116 Å². The molecule has 0 saturated heterocycles. The van der Waals surface area contributed by atoms with E-state index in [1.54, 1.807) is 0 Å². The van der Waals surface area contributed by atoms with Gasteiger partial charge in [0, 0.05) is 12.5 Å². The fourth-order valence-corrected chi connectivity index (χ4v) is 2.38. The molecule has 0 fully saturated rings. The third-order valence-corrected chi connectivity index (χ3v) is 3.38. The van der Waals surface area contributed by atoms with Crippen molar-refractivity contribution >= 4 is 5.97 Å². The number of rotatable bonds is 5. The molecule has 2 aromatic carbocycles. The van der Waals surface area contributed by atoms with Crippen LogP contribution in [0.5, 0.6) is 0 Å². The van der Waals surface area contributed by atoms with Crippen LogP contribution in [-0.2, 0) is 4.79 Å². The molecule has 0 amide bonds. The zero-order valence-corrected chi connectivity index (χ0v) is 10.9. The van der Waals surface area contributed by atoms with Crippen molar-refractivity contribution in [1.82, 2.24) is 0 Å². The fraction of sp³-hybridized carbons (Fsp3) is 0.188. The fourth-order valence-electron chi connectivity index (χ4n) is 2.38. The molecule has 104 valence electrons. The Morgan fingerprint density at radius 3 is 2.15 bits per heavy atom. The van der Waals surface area contributed by atoms with E-state index in [0.717, 1.165) is 5.56 Å². The third kappa shape index (κ3) is 3.03. The van der Waals surface area contributed by atoms with Gasteiger partial charge in [0.25, 0.3) is 0 Å². The van der Waals surface area contributed by atoms with E-state index in [9.17, 15) is 14.3 Å². The van der Waals surface area contributed by atoms with Crippen LogP contribution in [0.1, 0.15) is 23.0 Å². The molecule has 0 aromatic heterocycles. The predicted octanol–water partition coefficient (Wildman–Crippen LogP) is 2.74. The molecule has 0 aliphatic rings. The van der Waals surface area contributed by atoms with Gasteiger partial charge in [0.05, 0.1) is 5.92 Å². The zero-order valence-electron chi connectivity index (χ0n) is 10.9.